The molecule has 2 nitrogen and oxygen atoms in total. The van der Waals surface area contributed by atoms with Gasteiger partial charge in [-0.1, -0.05) is 6.07 Å². The molecule has 0 bridgehead atoms. The Morgan fingerprint density at radius 1 is 1.40 bits per heavy atom. The van der Waals surface area contributed by atoms with E-state index in [2.05, 4.69) is 28.1 Å². The number of nitrogens with two attached hydrogens (primary N) is 1. The first-order chi connectivity index (χ1) is 7.31. The van der Waals surface area contributed by atoms with Gasteiger partial charge in [0.25, 0.3) is 0 Å². The number of rotatable bonds is 3. The summed E-state index contributed by atoms with van der Waals surface area (Å²) in [5, 5.41) is 0. The fraction of sp³-hybridized carbons (Fsp3) is 0.500. The van der Waals surface area contributed by atoms with Crippen LogP contribution in [0.4, 0.5) is 0 Å². The van der Waals surface area contributed by atoms with E-state index in [-0.39, 0.29) is 0 Å². The van der Waals surface area contributed by atoms with Gasteiger partial charge < -0.3 is 10.5 Å². The van der Waals surface area contributed by atoms with Gasteiger partial charge in [0, 0.05) is 0 Å². The lowest BCUT2D eigenvalue weighted by Crippen LogP contribution is -2.09. The highest BCUT2D eigenvalue weighted by molar-refractivity contribution is 9.10. The van der Waals surface area contributed by atoms with Crippen LogP contribution < -0.4 is 10.5 Å². The van der Waals surface area contributed by atoms with Gasteiger partial charge in [0.15, 0.2) is 0 Å². The molecule has 0 radical (unpaired) electrons. The molecule has 0 saturated heterocycles. The third-order valence-electron chi connectivity index (χ3n) is 2.69. The third kappa shape index (κ3) is 2.52. The molecule has 0 atom stereocenters. The lowest BCUT2D eigenvalue weighted by atomic mass is 10.0. The van der Waals surface area contributed by atoms with Crippen LogP contribution in [0.1, 0.15) is 24.0 Å². The van der Waals surface area contributed by atoms with E-state index in [0.29, 0.717) is 0 Å². The van der Waals surface area contributed by atoms with Crippen LogP contribution in [0.5, 0.6) is 5.75 Å². The average Bonchev–Trinajstić information content (AvgIpc) is 2.26. The minimum Gasteiger partial charge on any atom is -0.492 e. The Morgan fingerprint density at radius 2 is 2.27 bits per heavy atom. The van der Waals surface area contributed by atoms with Crippen molar-refractivity contribution in [3.8, 4) is 5.75 Å². The van der Waals surface area contributed by atoms with Crippen LogP contribution in [0.2, 0.25) is 0 Å². The number of aryl methyl sites for hydroxylation is 2. The zero-order valence-electron chi connectivity index (χ0n) is 8.76. The summed E-state index contributed by atoms with van der Waals surface area (Å²) in [7, 11) is 0. The number of halogens is 1. The smallest absolute Gasteiger partial charge is 0.136 e. The molecule has 1 aliphatic heterocycles. The van der Waals surface area contributed by atoms with E-state index >= 15 is 0 Å². The van der Waals surface area contributed by atoms with Crippen LogP contribution in [-0.4, -0.2) is 13.2 Å². The van der Waals surface area contributed by atoms with E-state index in [1.54, 1.807) is 0 Å². The van der Waals surface area contributed by atoms with Crippen molar-refractivity contribution in [1.82, 2.24) is 0 Å². The standard InChI is InChI=1S/C12H16BrNO/c13-11-8-9(3-1-5-14)7-10-4-2-6-15-12(10)11/h7-8H,1-6,14H2. The minimum atomic E-state index is 0.755. The average molecular weight is 270 g/mol. The summed E-state index contributed by atoms with van der Waals surface area (Å²) in [6.45, 7) is 1.60. The molecule has 0 saturated carbocycles. The summed E-state index contributed by atoms with van der Waals surface area (Å²) in [5.74, 6) is 1.04. The van der Waals surface area contributed by atoms with Crippen molar-refractivity contribution in [2.45, 2.75) is 25.7 Å². The molecule has 0 fully saturated rings. The van der Waals surface area contributed by atoms with Gasteiger partial charge in [-0.25, -0.2) is 0 Å². The van der Waals surface area contributed by atoms with Gasteiger partial charge in [0.05, 0.1) is 11.1 Å². The molecule has 1 aromatic rings. The van der Waals surface area contributed by atoms with Crippen molar-refractivity contribution in [1.29, 1.82) is 0 Å². The van der Waals surface area contributed by atoms with Gasteiger partial charge in [0.1, 0.15) is 5.75 Å². The van der Waals surface area contributed by atoms with Crippen LogP contribution in [0, 0.1) is 0 Å². The number of ether oxygens (including phenoxy) is 1. The maximum atomic E-state index is 5.64. The minimum absolute atomic E-state index is 0.755. The molecule has 0 spiro atoms. The lowest BCUT2D eigenvalue weighted by molar-refractivity contribution is 0.286. The van der Waals surface area contributed by atoms with Crippen molar-refractivity contribution in [2.24, 2.45) is 5.73 Å². The molecule has 1 aliphatic rings. The van der Waals surface area contributed by atoms with Crippen molar-refractivity contribution < 1.29 is 4.74 Å². The number of hydrogen-bond donors (Lipinski definition) is 1. The second-order valence-electron chi connectivity index (χ2n) is 3.91. The molecule has 0 aliphatic carbocycles. The van der Waals surface area contributed by atoms with E-state index in [9.17, 15) is 0 Å². The molecule has 2 N–H and O–H groups in total. The molecular weight excluding hydrogens is 254 g/mol. The number of fused-ring (bicyclic) bond motifs is 1. The fourth-order valence-corrected chi connectivity index (χ4v) is 2.61. The first-order valence-electron chi connectivity index (χ1n) is 5.45. The normalized spacial score (nSPS) is 14.5. The zero-order chi connectivity index (χ0) is 10.7. The Morgan fingerprint density at radius 3 is 3.07 bits per heavy atom. The van der Waals surface area contributed by atoms with Gasteiger partial charge in [0.2, 0.25) is 0 Å². The second kappa shape index (κ2) is 4.99. The van der Waals surface area contributed by atoms with Gasteiger partial charge in [-0.2, -0.15) is 0 Å². The molecule has 2 rings (SSSR count). The molecule has 3 heteroatoms. The fourth-order valence-electron chi connectivity index (χ4n) is 1.95. The Hall–Kier alpha value is -0.540. The quantitative estimate of drug-likeness (QED) is 0.916. The highest BCUT2D eigenvalue weighted by Crippen LogP contribution is 2.34. The van der Waals surface area contributed by atoms with Gasteiger partial charge in [-0.05, 0) is 65.4 Å². The van der Waals surface area contributed by atoms with Crippen molar-refractivity contribution in [3.63, 3.8) is 0 Å². The summed E-state index contributed by atoms with van der Waals surface area (Å²) < 4.78 is 6.73. The summed E-state index contributed by atoms with van der Waals surface area (Å²) in [4.78, 5) is 0. The van der Waals surface area contributed by atoms with E-state index in [1.807, 2.05) is 0 Å². The highest BCUT2D eigenvalue weighted by atomic mass is 79.9. The predicted octanol–water partition coefficient (Wildman–Crippen LogP) is 2.67. The Kier molecular flexibility index (Phi) is 3.65. The zero-order valence-corrected chi connectivity index (χ0v) is 10.3. The molecule has 1 aromatic carbocycles. The number of benzene rings is 1. The molecule has 1 heterocycles. The van der Waals surface area contributed by atoms with Crippen LogP contribution >= 0.6 is 15.9 Å². The van der Waals surface area contributed by atoms with E-state index in [4.69, 9.17) is 10.5 Å². The van der Waals surface area contributed by atoms with Crippen LogP contribution in [0.25, 0.3) is 0 Å². The predicted molar refractivity (Wildman–Crippen MR) is 65.3 cm³/mol. The monoisotopic (exact) mass is 269 g/mol. The molecule has 15 heavy (non-hydrogen) atoms. The van der Waals surface area contributed by atoms with Crippen LogP contribution in [-0.2, 0) is 12.8 Å². The molecule has 0 aromatic heterocycles. The van der Waals surface area contributed by atoms with E-state index in [0.717, 1.165) is 49.1 Å². The van der Waals surface area contributed by atoms with Gasteiger partial charge in [-0.15, -0.1) is 0 Å². The maximum absolute atomic E-state index is 5.64. The summed E-state index contributed by atoms with van der Waals surface area (Å²) in [6.07, 6.45) is 4.36. The van der Waals surface area contributed by atoms with Crippen molar-refractivity contribution >= 4 is 15.9 Å². The Balaban J connectivity index is 2.24. The van der Waals surface area contributed by atoms with E-state index in [1.165, 1.54) is 11.1 Å². The lowest BCUT2D eigenvalue weighted by Gasteiger charge is -2.19. The molecule has 0 unspecified atom stereocenters. The summed E-state index contributed by atoms with van der Waals surface area (Å²) >= 11 is 3.57. The SMILES string of the molecule is NCCCc1cc(Br)c2c(c1)CCCO2. The van der Waals surface area contributed by atoms with Gasteiger partial charge >= 0.3 is 0 Å². The summed E-state index contributed by atoms with van der Waals surface area (Å²) in [5.41, 5.74) is 8.21. The third-order valence-corrected chi connectivity index (χ3v) is 3.28. The molecule has 0 amide bonds. The van der Waals surface area contributed by atoms with E-state index < -0.39 is 0 Å². The number of hydrogen-bond acceptors (Lipinski definition) is 2. The van der Waals surface area contributed by atoms with Crippen molar-refractivity contribution in [3.05, 3.63) is 27.7 Å². The topological polar surface area (TPSA) is 35.2 Å². The van der Waals surface area contributed by atoms with Gasteiger partial charge in [-0.3, -0.25) is 0 Å². The first-order valence-corrected chi connectivity index (χ1v) is 6.24. The summed E-state index contributed by atoms with van der Waals surface area (Å²) in [6, 6.07) is 4.41. The highest BCUT2D eigenvalue weighted by Gasteiger charge is 2.14. The molecule has 82 valence electrons. The van der Waals surface area contributed by atoms with Crippen LogP contribution in [0.15, 0.2) is 16.6 Å². The first kappa shape index (κ1) is 11.0. The maximum Gasteiger partial charge on any atom is 0.136 e. The molecular formula is C12H16BrNO. The second-order valence-corrected chi connectivity index (χ2v) is 4.76. The van der Waals surface area contributed by atoms with Crippen molar-refractivity contribution in [2.75, 3.05) is 13.2 Å². The Bertz CT molecular complexity index is 352. The Labute approximate surface area is 98.9 Å². The largest absolute Gasteiger partial charge is 0.492 e. The van der Waals surface area contributed by atoms with Crippen LogP contribution in [0.3, 0.4) is 0 Å².